The minimum Gasteiger partial charge on any atom is -0.484 e. The molecule has 2 aromatic rings. The molecule has 2 rings (SSSR count). The normalized spacial score (nSPS) is 12.8. The summed E-state index contributed by atoms with van der Waals surface area (Å²) in [5.74, 6) is 0.762. The standard InChI is InChI=1S/C27H38N2O3/c1-7-21(6)28-27(31)25(8-2)29(17-23-12-10-9-11-20(23)5)26(30)18-32-24-15-13-22(14-16-24)19(3)4/h9-16,19,21,25H,7-8,17-18H2,1-6H3,(H,28,31)/t21-,25-/m0/s1. The highest BCUT2D eigenvalue weighted by molar-refractivity contribution is 5.88. The van der Waals surface area contributed by atoms with Crippen molar-refractivity contribution in [2.45, 2.75) is 78.9 Å². The van der Waals surface area contributed by atoms with Gasteiger partial charge in [-0.1, -0.05) is 64.1 Å². The lowest BCUT2D eigenvalue weighted by atomic mass is 10.0. The number of amides is 2. The topological polar surface area (TPSA) is 58.6 Å². The number of hydrogen-bond donors (Lipinski definition) is 1. The highest BCUT2D eigenvalue weighted by Crippen LogP contribution is 2.20. The lowest BCUT2D eigenvalue weighted by Gasteiger charge is -2.31. The van der Waals surface area contributed by atoms with Crippen LogP contribution in [0.5, 0.6) is 5.75 Å². The third-order valence-electron chi connectivity index (χ3n) is 5.90. The number of carbonyl (C=O) groups is 2. The van der Waals surface area contributed by atoms with Crippen molar-refractivity contribution < 1.29 is 14.3 Å². The van der Waals surface area contributed by atoms with E-state index in [9.17, 15) is 9.59 Å². The number of aryl methyl sites for hydroxylation is 1. The SMILES string of the molecule is CC[C@H](C)NC(=O)[C@H](CC)N(Cc1ccccc1C)C(=O)COc1ccc(C(C)C)cc1. The van der Waals surface area contributed by atoms with E-state index >= 15 is 0 Å². The van der Waals surface area contributed by atoms with E-state index in [0.29, 0.717) is 24.6 Å². The molecule has 0 aliphatic heterocycles. The molecule has 0 heterocycles. The van der Waals surface area contributed by atoms with E-state index in [1.54, 1.807) is 4.90 Å². The molecule has 32 heavy (non-hydrogen) atoms. The summed E-state index contributed by atoms with van der Waals surface area (Å²) in [4.78, 5) is 27.9. The zero-order chi connectivity index (χ0) is 23.7. The predicted octanol–water partition coefficient (Wildman–Crippen LogP) is 5.22. The molecule has 2 atom stereocenters. The second-order valence-corrected chi connectivity index (χ2v) is 8.70. The average Bonchev–Trinajstić information content (AvgIpc) is 2.78. The molecule has 174 valence electrons. The van der Waals surface area contributed by atoms with Gasteiger partial charge >= 0.3 is 0 Å². The molecule has 0 saturated carbocycles. The zero-order valence-electron chi connectivity index (χ0n) is 20.4. The molecule has 5 heteroatoms. The number of hydrogen-bond acceptors (Lipinski definition) is 3. The molecule has 5 nitrogen and oxygen atoms in total. The summed E-state index contributed by atoms with van der Waals surface area (Å²) in [6.07, 6.45) is 1.37. The Morgan fingerprint density at radius 2 is 1.62 bits per heavy atom. The highest BCUT2D eigenvalue weighted by Gasteiger charge is 2.29. The molecular weight excluding hydrogens is 400 g/mol. The maximum Gasteiger partial charge on any atom is 0.261 e. The van der Waals surface area contributed by atoms with Gasteiger partial charge < -0.3 is 15.0 Å². The third-order valence-corrected chi connectivity index (χ3v) is 5.90. The zero-order valence-corrected chi connectivity index (χ0v) is 20.4. The van der Waals surface area contributed by atoms with Gasteiger partial charge in [0.2, 0.25) is 5.91 Å². The Kier molecular flexibility index (Phi) is 9.76. The van der Waals surface area contributed by atoms with E-state index in [1.165, 1.54) is 5.56 Å². The molecule has 0 aliphatic rings. The lowest BCUT2D eigenvalue weighted by Crippen LogP contribution is -2.51. The Morgan fingerprint density at radius 3 is 2.19 bits per heavy atom. The highest BCUT2D eigenvalue weighted by atomic mass is 16.5. The molecular formula is C27H38N2O3. The number of benzene rings is 2. The van der Waals surface area contributed by atoms with E-state index in [1.807, 2.05) is 76.2 Å². The monoisotopic (exact) mass is 438 g/mol. The quantitative estimate of drug-likeness (QED) is 0.523. The molecule has 2 aromatic carbocycles. The van der Waals surface area contributed by atoms with Gasteiger partial charge in [0.1, 0.15) is 11.8 Å². The van der Waals surface area contributed by atoms with Crippen molar-refractivity contribution in [1.82, 2.24) is 10.2 Å². The van der Waals surface area contributed by atoms with Gasteiger partial charge in [0.25, 0.3) is 5.91 Å². The van der Waals surface area contributed by atoms with Crippen LogP contribution in [0, 0.1) is 6.92 Å². The van der Waals surface area contributed by atoms with Crippen LogP contribution in [-0.2, 0) is 16.1 Å². The fourth-order valence-electron chi connectivity index (χ4n) is 3.51. The minimum atomic E-state index is -0.553. The number of nitrogens with zero attached hydrogens (tertiary/aromatic N) is 1. The number of rotatable bonds is 11. The van der Waals surface area contributed by atoms with Crippen molar-refractivity contribution in [3.63, 3.8) is 0 Å². The van der Waals surface area contributed by atoms with Gasteiger partial charge in [0.05, 0.1) is 0 Å². The smallest absolute Gasteiger partial charge is 0.261 e. The van der Waals surface area contributed by atoms with Crippen LogP contribution in [0.15, 0.2) is 48.5 Å². The summed E-state index contributed by atoms with van der Waals surface area (Å²) in [5, 5.41) is 3.03. The van der Waals surface area contributed by atoms with Gasteiger partial charge in [-0.15, -0.1) is 0 Å². The van der Waals surface area contributed by atoms with Crippen LogP contribution in [0.3, 0.4) is 0 Å². The third kappa shape index (κ3) is 7.11. The second kappa shape index (κ2) is 12.3. The van der Waals surface area contributed by atoms with Crippen molar-refractivity contribution in [3.05, 3.63) is 65.2 Å². The molecule has 0 unspecified atom stereocenters. The first-order valence-electron chi connectivity index (χ1n) is 11.6. The van der Waals surface area contributed by atoms with Gasteiger partial charge in [-0.3, -0.25) is 9.59 Å². The summed E-state index contributed by atoms with van der Waals surface area (Å²) in [6, 6.07) is 15.3. The van der Waals surface area contributed by atoms with Crippen LogP contribution in [0.1, 0.15) is 70.1 Å². The van der Waals surface area contributed by atoms with Crippen molar-refractivity contribution in [2.75, 3.05) is 6.61 Å². The molecule has 0 aliphatic carbocycles. The number of ether oxygens (including phenoxy) is 1. The number of nitrogens with one attached hydrogen (secondary N) is 1. The maximum absolute atomic E-state index is 13.3. The van der Waals surface area contributed by atoms with Gasteiger partial charge in [0.15, 0.2) is 6.61 Å². The van der Waals surface area contributed by atoms with Crippen molar-refractivity contribution in [2.24, 2.45) is 0 Å². The summed E-state index contributed by atoms with van der Waals surface area (Å²) < 4.78 is 5.81. The van der Waals surface area contributed by atoms with E-state index in [-0.39, 0.29) is 24.5 Å². The van der Waals surface area contributed by atoms with Crippen LogP contribution in [0.25, 0.3) is 0 Å². The molecule has 0 fully saturated rings. The summed E-state index contributed by atoms with van der Waals surface area (Å²) in [5.41, 5.74) is 3.34. The molecule has 0 radical (unpaired) electrons. The summed E-state index contributed by atoms with van der Waals surface area (Å²) in [6.45, 7) is 12.5. The average molecular weight is 439 g/mol. The van der Waals surface area contributed by atoms with E-state index in [0.717, 1.165) is 17.5 Å². The first-order valence-corrected chi connectivity index (χ1v) is 11.6. The lowest BCUT2D eigenvalue weighted by molar-refractivity contribution is -0.143. The van der Waals surface area contributed by atoms with Gasteiger partial charge in [-0.05, 0) is 61.4 Å². The predicted molar refractivity (Wildman–Crippen MR) is 130 cm³/mol. The van der Waals surface area contributed by atoms with E-state index < -0.39 is 6.04 Å². The van der Waals surface area contributed by atoms with Crippen molar-refractivity contribution >= 4 is 11.8 Å². The molecule has 0 aromatic heterocycles. The Bertz CT molecular complexity index is 877. The largest absolute Gasteiger partial charge is 0.484 e. The van der Waals surface area contributed by atoms with Crippen LogP contribution in [0.2, 0.25) is 0 Å². The Morgan fingerprint density at radius 1 is 0.969 bits per heavy atom. The van der Waals surface area contributed by atoms with Crippen LogP contribution < -0.4 is 10.1 Å². The van der Waals surface area contributed by atoms with Gasteiger partial charge in [-0.25, -0.2) is 0 Å². The summed E-state index contributed by atoms with van der Waals surface area (Å²) >= 11 is 0. The van der Waals surface area contributed by atoms with Gasteiger partial charge in [-0.2, -0.15) is 0 Å². The Balaban J connectivity index is 2.20. The fraction of sp³-hybridized carbons (Fsp3) is 0.481. The molecule has 1 N–H and O–H groups in total. The maximum atomic E-state index is 13.3. The fourth-order valence-corrected chi connectivity index (χ4v) is 3.51. The van der Waals surface area contributed by atoms with Crippen LogP contribution in [0.4, 0.5) is 0 Å². The van der Waals surface area contributed by atoms with Crippen LogP contribution in [-0.4, -0.2) is 35.4 Å². The van der Waals surface area contributed by atoms with E-state index in [4.69, 9.17) is 4.74 Å². The molecule has 0 saturated heterocycles. The second-order valence-electron chi connectivity index (χ2n) is 8.70. The Hall–Kier alpha value is -2.82. The first kappa shape index (κ1) is 25.4. The van der Waals surface area contributed by atoms with Crippen LogP contribution >= 0.6 is 0 Å². The van der Waals surface area contributed by atoms with Crippen molar-refractivity contribution in [1.29, 1.82) is 0 Å². The molecule has 0 spiro atoms. The van der Waals surface area contributed by atoms with E-state index in [2.05, 4.69) is 19.2 Å². The molecule has 2 amide bonds. The number of carbonyl (C=O) groups excluding carboxylic acids is 2. The van der Waals surface area contributed by atoms with Crippen molar-refractivity contribution in [3.8, 4) is 5.75 Å². The van der Waals surface area contributed by atoms with Gasteiger partial charge in [0, 0.05) is 12.6 Å². The first-order chi connectivity index (χ1) is 15.3. The summed E-state index contributed by atoms with van der Waals surface area (Å²) in [7, 11) is 0. The Labute approximate surface area is 193 Å². The minimum absolute atomic E-state index is 0.0580. The molecule has 0 bridgehead atoms.